The van der Waals surface area contributed by atoms with E-state index in [0.717, 1.165) is 29.0 Å². The molecule has 2 aromatic heterocycles. The summed E-state index contributed by atoms with van der Waals surface area (Å²) in [6, 6.07) is 9.88. The molecule has 1 aliphatic rings. The van der Waals surface area contributed by atoms with E-state index in [-0.39, 0.29) is 17.5 Å². The van der Waals surface area contributed by atoms with Crippen LogP contribution in [0.4, 0.5) is 0 Å². The molecule has 4 rings (SSSR count). The molecule has 1 aliphatic carbocycles. The number of hydrogen-bond donors (Lipinski definition) is 3. The molecule has 0 radical (unpaired) electrons. The number of fused-ring (bicyclic) bond motifs is 1. The Hall–Kier alpha value is -2.87. The molecule has 0 spiro atoms. The van der Waals surface area contributed by atoms with Crippen LogP contribution in [0, 0.1) is 0 Å². The van der Waals surface area contributed by atoms with E-state index in [1.165, 1.54) is 6.20 Å². The Morgan fingerprint density at radius 3 is 2.93 bits per heavy atom. The second-order valence-electron chi connectivity index (χ2n) is 6.46. The van der Waals surface area contributed by atoms with Crippen molar-refractivity contribution in [2.45, 2.75) is 36.0 Å². The van der Waals surface area contributed by atoms with Gasteiger partial charge in [0, 0.05) is 22.8 Å². The number of rotatable bonds is 5. The van der Waals surface area contributed by atoms with Gasteiger partial charge in [-0.15, -0.1) is 11.8 Å². The van der Waals surface area contributed by atoms with Crippen LogP contribution < -0.4 is 10.9 Å². The Morgan fingerprint density at radius 1 is 1.26 bits per heavy atom. The minimum absolute atomic E-state index is 0.00434. The molecule has 0 aliphatic heterocycles. The van der Waals surface area contributed by atoms with Gasteiger partial charge in [0.2, 0.25) is 0 Å². The van der Waals surface area contributed by atoms with E-state index in [9.17, 15) is 9.59 Å². The third-order valence-corrected chi connectivity index (χ3v) is 5.59. The van der Waals surface area contributed by atoms with Crippen molar-refractivity contribution in [2.75, 3.05) is 0 Å². The van der Waals surface area contributed by atoms with Crippen LogP contribution in [0.1, 0.15) is 33.9 Å². The number of aromatic nitrogens is 4. The van der Waals surface area contributed by atoms with Crippen LogP contribution in [0.3, 0.4) is 0 Å². The predicted octanol–water partition coefficient (Wildman–Crippen LogP) is 2.07. The summed E-state index contributed by atoms with van der Waals surface area (Å²) >= 11 is 1.58. The quantitative estimate of drug-likeness (QED) is 0.587. The van der Waals surface area contributed by atoms with Gasteiger partial charge in [-0.1, -0.05) is 18.2 Å². The third kappa shape index (κ3) is 4.11. The summed E-state index contributed by atoms with van der Waals surface area (Å²) in [6.07, 6.45) is 5.53. The van der Waals surface area contributed by atoms with E-state index in [1.54, 1.807) is 18.0 Å². The van der Waals surface area contributed by atoms with Crippen LogP contribution in [-0.2, 0) is 18.6 Å². The molecule has 1 atom stereocenters. The van der Waals surface area contributed by atoms with Gasteiger partial charge in [-0.2, -0.15) is 5.10 Å². The number of benzene rings is 1. The van der Waals surface area contributed by atoms with E-state index in [4.69, 9.17) is 0 Å². The van der Waals surface area contributed by atoms with Gasteiger partial charge >= 0.3 is 0 Å². The highest BCUT2D eigenvalue weighted by molar-refractivity contribution is 7.98. The second kappa shape index (κ2) is 7.79. The predicted molar refractivity (Wildman–Crippen MR) is 103 cm³/mol. The SMILES string of the molecule is O=C(N[C@@H]1CCc2[nH]ncc2C1)c1cnc(CSc2ccccc2)[nH]c1=O. The molecule has 138 valence electrons. The van der Waals surface area contributed by atoms with E-state index in [2.05, 4.69) is 25.5 Å². The monoisotopic (exact) mass is 381 g/mol. The molecule has 1 aromatic carbocycles. The van der Waals surface area contributed by atoms with Gasteiger partial charge in [0.1, 0.15) is 11.4 Å². The van der Waals surface area contributed by atoms with Crippen molar-refractivity contribution in [3.63, 3.8) is 0 Å². The first-order valence-electron chi connectivity index (χ1n) is 8.77. The van der Waals surface area contributed by atoms with E-state index in [1.807, 2.05) is 30.3 Å². The van der Waals surface area contributed by atoms with Gasteiger partial charge in [-0.3, -0.25) is 14.7 Å². The zero-order chi connectivity index (χ0) is 18.6. The number of aryl methyl sites for hydroxylation is 1. The van der Waals surface area contributed by atoms with Gasteiger partial charge in [-0.05, 0) is 37.0 Å². The number of H-pyrrole nitrogens is 2. The van der Waals surface area contributed by atoms with E-state index in [0.29, 0.717) is 18.0 Å². The van der Waals surface area contributed by atoms with Crippen molar-refractivity contribution in [1.82, 2.24) is 25.5 Å². The average molecular weight is 381 g/mol. The maximum Gasteiger partial charge on any atom is 0.263 e. The molecular weight excluding hydrogens is 362 g/mol. The Morgan fingerprint density at radius 2 is 2.11 bits per heavy atom. The zero-order valence-electron chi connectivity index (χ0n) is 14.6. The Kier molecular flexibility index (Phi) is 5.06. The number of aromatic amines is 2. The maximum atomic E-state index is 12.5. The van der Waals surface area contributed by atoms with Crippen molar-refractivity contribution in [3.8, 4) is 0 Å². The topological polar surface area (TPSA) is 104 Å². The molecule has 0 saturated carbocycles. The van der Waals surface area contributed by atoms with Crippen LogP contribution in [0.5, 0.6) is 0 Å². The lowest BCUT2D eigenvalue weighted by atomic mass is 9.93. The van der Waals surface area contributed by atoms with Gasteiger partial charge in [0.15, 0.2) is 0 Å². The summed E-state index contributed by atoms with van der Waals surface area (Å²) in [5.41, 5.74) is 1.87. The maximum absolute atomic E-state index is 12.5. The highest BCUT2D eigenvalue weighted by Crippen LogP contribution is 2.20. The molecule has 3 N–H and O–H groups in total. The standard InChI is InChI=1S/C19H19N5O2S/c25-18(22-13-6-7-16-12(8-13)9-21-24-16)15-10-20-17(23-19(15)26)11-27-14-4-2-1-3-5-14/h1-5,9-10,13H,6-8,11H2,(H,21,24)(H,22,25)(H,20,23,26)/t13-/m1/s1. The lowest BCUT2D eigenvalue weighted by Gasteiger charge is -2.22. The van der Waals surface area contributed by atoms with Crippen molar-refractivity contribution < 1.29 is 4.79 Å². The summed E-state index contributed by atoms with van der Waals surface area (Å²) in [5.74, 6) is 0.696. The molecular formula is C19H19N5O2S. The molecule has 2 heterocycles. The van der Waals surface area contributed by atoms with Gasteiger partial charge in [0.25, 0.3) is 11.5 Å². The summed E-state index contributed by atoms with van der Waals surface area (Å²) in [7, 11) is 0. The molecule has 27 heavy (non-hydrogen) atoms. The molecule has 1 amide bonds. The fourth-order valence-corrected chi connectivity index (χ4v) is 3.94. The summed E-state index contributed by atoms with van der Waals surface area (Å²) in [4.78, 5) is 32.8. The number of nitrogens with zero attached hydrogens (tertiary/aromatic N) is 2. The summed E-state index contributed by atoms with van der Waals surface area (Å²) in [5, 5.41) is 9.94. The first-order chi connectivity index (χ1) is 13.2. The average Bonchev–Trinajstić information content (AvgIpc) is 3.15. The number of hydrogen-bond acceptors (Lipinski definition) is 5. The van der Waals surface area contributed by atoms with Crippen LogP contribution >= 0.6 is 11.8 Å². The van der Waals surface area contributed by atoms with Gasteiger partial charge < -0.3 is 10.3 Å². The number of amides is 1. The minimum atomic E-state index is -0.411. The van der Waals surface area contributed by atoms with Crippen LogP contribution in [0.2, 0.25) is 0 Å². The minimum Gasteiger partial charge on any atom is -0.349 e. The first-order valence-corrected chi connectivity index (χ1v) is 9.75. The number of carbonyl (C=O) groups excluding carboxylic acids is 1. The molecule has 0 fully saturated rings. The molecule has 0 unspecified atom stereocenters. The Labute approximate surface area is 160 Å². The lowest BCUT2D eigenvalue weighted by molar-refractivity contribution is 0.0931. The van der Waals surface area contributed by atoms with E-state index < -0.39 is 5.56 Å². The smallest absolute Gasteiger partial charge is 0.263 e. The number of carbonyl (C=O) groups is 1. The fourth-order valence-electron chi connectivity index (χ4n) is 3.14. The van der Waals surface area contributed by atoms with Crippen molar-refractivity contribution in [1.29, 1.82) is 0 Å². The molecule has 0 saturated heterocycles. The van der Waals surface area contributed by atoms with Gasteiger partial charge in [-0.25, -0.2) is 4.98 Å². The van der Waals surface area contributed by atoms with Crippen molar-refractivity contribution in [3.05, 3.63) is 75.7 Å². The summed E-state index contributed by atoms with van der Waals surface area (Å²) < 4.78 is 0. The highest BCUT2D eigenvalue weighted by Gasteiger charge is 2.23. The fraction of sp³-hybridized carbons (Fsp3) is 0.263. The molecule has 7 nitrogen and oxygen atoms in total. The highest BCUT2D eigenvalue weighted by atomic mass is 32.2. The zero-order valence-corrected chi connectivity index (χ0v) is 15.4. The Bertz CT molecular complexity index is 999. The van der Waals surface area contributed by atoms with Crippen LogP contribution in [0.25, 0.3) is 0 Å². The Balaban J connectivity index is 1.39. The van der Waals surface area contributed by atoms with E-state index >= 15 is 0 Å². The second-order valence-corrected chi connectivity index (χ2v) is 7.51. The third-order valence-electron chi connectivity index (χ3n) is 4.57. The lowest BCUT2D eigenvalue weighted by Crippen LogP contribution is -2.40. The van der Waals surface area contributed by atoms with Crippen molar-refractivity contribution in [2.24, 2.45) is 0 Å². The van der Waals surface area contributed by atoms with Crippen LogP contribution in [0.15, 0.2) is 52.4 Å². The molecule has 0 bridgehead atoms. The first kappa shape index (κ1) is 17.5. The normalized spacial score (nSPS) is 15.9. The summed E-state index contributed by atoms with van der Waals surface area (Å²) in [6.45, 7) is 0. The van der Waals surface area contributed by atoms with Crippen molar-refractivity contribution >= 4 is 17.7 Å². The largest absolute Gasteiger partial charge is 0.349 e. The molecule has 3 aromatic rings. The molecule has 8 heteroatoms. The number of nitrogens with one attached hydrogen (secondary N) is 3. The number of thioether (sulfide) groups is 1. The van der Waals surface area contributed by atoms with Gasteiger partial charge in [0.05, 0.1) is 11.9 Å². The van der Waals surface area contributed by atoms with Crippen LogP contribution in [-0.4, -0.2) is 32.1 Å².